The molecular formula is C9H12N4. The SMILES string of the molecule is CN(C)Cn1nnc2ccccc21. The van der Waals surface area contributed by atoms with Gasteiger partial charge in [0.25, 0.3) is 0 Å². The molecule has 0 radical (unpaired) electrons. The maximum atomic E-state index is 4.06. The van der Waals surface area contributed by atoms with Gasteiger partial charge in [0, 0.05) is 0 Å². The smallest absolute Gasteiger partial charge is 0.113 e. The summed E-state index contributed by atoms with van der Waals surface area (Å²) in [6, 6.07) is 7.96. The molecule has 0 bridgehead atoms. The summed E-state index contributed by atoms with van der Waals surface area (Å²) in [7, 11) is 4.02. The fourth-order valence-corrected chi connectivity index (χ4v) is 1.29. The predicted octanol–water partition coefficient (Wildman–Crippen LogP) is 0.950. The van der Waals surface area contributed by atoms with Crippen LogP contribution < -0.4 is 0 Å². The van der Waals surface area contributed by atoms with Crippen molar-refractivity contribution in [2.24, 2.45) is 0 Å². The average molecular weight is 176 g/mol. The van der Waals surface area contributed by atoms with Gasteiger partial charge in [-0.2, -0.15) is 0 Å². The van der Waals surface area contributed by atoms with E-state index < -0.39 is 0 Å². The predicted molar refractivity (Wildman–Crippen MR) is 51.2 cm³/mol. The number of hydrogen-bond acceptors (Lipinski definition) is 3. The summed E-state index contributed by atoms with van der Waals surface area (Å²) in [6.07, 6.45) is 0. The van der Waals surface area contributed by atoms with Gasteiger partial charge in [-0.25, -0.2) is 4.68 Å². The first-order chi connectivity index (χ1) is 6.27. The van der Waals surface area contributed by atoms with E-state index >= 15 is 0 Å². The van der Waals surface area contributed by atoms with Gasteiger partial charge < -0.3 is 0 Å². The van der Waals surface area contributed by atoms with Crippen LogP contribution in [0, 0.1) is 0 Å². The molecule has 0 saturated heterocycles. The minimum atomic E-state index is 0.764. The summed E-state index contributed by atoms with van der Waals surface area (Å²) in [6.45, 7) is 0.764. The molecule has 0 N–H and O–H groups in total. The van der Waals surface area contributed by atoms with Crippen molar-refractivity contribution in [1.82, 2.24) is 19.9 Å². The highest BCUT2D eigenvalue weighted by Crippen LogP contribution is 2.09. The topological polar surface area (TPSA) is 34.0 Å². The molecule has 0 atom stereocenters. The molecule has 4 nitrogen and oxygen atoms in total. The Kier molecular flexibility index (Phi) is 1.98. The second-order valence-corrected chi connectivity index (χ2v) is 3.30. The lowest BCUT2D eigenvalue weighted by Gasteiger charge is -2.08. The third-order valence-corrected chi connectivity index (χ3v) is 1.84. The lowest BCUT2D eigenvalue weighted by Crippen LogP contribution is -2.17. The van der Waals surface area contributed by atoms with Gasteiger partial charge in [-0.3, -0.25) is 4.90 Å². The summed E-state index contributed by atoms with van der Waals surface area (Å²) < 4.78 is 1.88. The monoisotopic (exact) mass is 176 g/mol. The first-order valence-electron chi connectivity index (χ1n) is 4.20. The summed E-state index contributed by atoms with van der Waals surface area (Å²) in [5, 5.41) is 8.12. The molecule has 0 amide bonds. The fraction of sp³-hybridized carbons (Fsp3) is 0.333. The molecule has 0 aliphatic rings. The summed E-state index contributed by atoms with van der Waals surface area (Å²) in [5.41, 5.74) is 2.03. The molecular weight excluding hydrogens is 164 g/mol. The highest BCUT2D eigenvalue weighted by molar-refractivity contribution is 5.73. The number of para-hydroxylation sites is 1. The average Bonchev–Trinajstić information content (AvgIpc) is 2.48. The first-order valence-corrected chi connectivity index (χ1v) is 4.20. The number of hydrogen-bond donors (Lipinski definition) is 0. The van der Waals surface area contributed by atoms with Crippen LogP contribution in [0.5, 0.6) is 0 Å². The van der Waals surface area contributed by atoms with Gasteiger partial charge in [0.15, 0.2) is 0 Å². The summed E-state index contributed by atoms with van der Waals surface area (Å²) in [4.78, 5) is 2.06. The number of benzene rings is 1. The van der Waals surface area contributed by atoms with E-state index in [0.29, 0.717) is 0 Å². The van der Waals surface area contributed by atoms with Crippen molar-refractivity contribution < 1.29 is 0 Å². The Hall–Kier alpha value is -1.42. The van der Waals surface area contributed by atoms with E-state index in [1.807, 2.05) is 43.0 Å². The van der Waals surface area contributed by atoms with Gasteiger partial charge in [-0.05, 0) is 26.2 Å². The van der Waals surface area contributed by atoms with Gasteiger partial charge in [-0.15, -0.1) is 5.10 Å². The first kappa shape index (κ1) is 8.19. The highest BCUT2D eigenvalue weighted by atomic mass is 15.5. The summed E-state index contributed by atoms with van der Waals surface area (Å²) in [5.74, 6) is 0. The molecule has 0 spiro atoms. The van der Waals surface area contributed by atoms with Crippen LogP contribution in [0.15, 0.2) is 24.3 Å². The van der Waals surface area contributed by atoms with Gasteiger partial charge in [-0.1, -0.05) is 17.3 Å². The Labute approximate surface area is 76.8 Å². The largest absolute Gasteiger partial charge is 0.291 e. The van der Waals surface area contributed by atoms with Gasteiger partial charge in [0.2, 0.25) is 0 Å². The Balaban J connectivity index is 2.46. The van der Waals surface area contributed by atoms with Crippen molar-refractivity contribution in [3.05, 3.63) is 24.3 Å². The molecule has 0 fully saturated rings. The molecule has 0 unspecified atom stereocenters. The highest BCUT2D eigenvalue weighted by Gasteiger charge is 2.02. The van der Waals surface area contributed by atoms with Crippen molar-refractivity contribution in [3.63, 3.8) is 0 Å². The van der Waals surface area contributed by atoms with Gasteiger partial charge in [0.1, 0.15) is 5.52 Å². The van der Waals surface area contributed by atoms with Crippen LogP contribution >= 0.6 is 0 Å². The van der Waals surface area contributed by atoms with Crippen LogP contribution in [0.3, 0.4) is 0 Å². The van der Waals surface area contributed by atoms with E-state index in [1.54, 1.807) is 0 Å². The van der Waals surface area contributed by atoms with E-state index in [2.05, 4.69) is 15.2 Å². The zero-order valence-electron chi connectivity index (χ0n) is 7.81. The normalized spacial score (nSPS) is 11.3. The number of fused-ring (bicyclic) bond motifs is 1. The molecule has 1 aromatic heterocycles. The van der Waals surface area contributed by atoms with Crippen molar-refractivity contribution >= 4 is 11.0 Å². The van der Waals surface area contributed by atoms with Crippen LogP contribution in [-0.2, 0) is 6.67 Å². The number of aromatic nitrogens is 3. The third kappa shape index (κ3) is 1.53. The van der Waals surface area contributed by atoms with E-state index in [1.165, 1.54) is 0 Å². The second-order valence-electron chi connectivity index (χ2n) is 3.30. The standard InChI is InChI=1S/C9H12N4/c1-12(2)7-13-9-6-4-3-5-8(9)10-11-13/h3-6H,7H2,1-2H3. The van der Waals surface area contributed by atoms with Crippen LogP contribution in [0.4, 0.5) is 0 Å². The molecule has 2 rings (SSSR count). The zero-order chi connectivity index (χ0) is 9.26. The molecule has 68 valence electrons. The molecule has 2 aromatic rings. The Morgan fingerprint density at radius 1 is 1.31 bits per heavy atom. The number of nitrogens with zero attached hydrogens (tertiary/aromatic N) is 4. The van der Waals surface area contributed by atoms with E-state index in [4.69, 9.17) is 0 Å². The van der Waals surface area contributed by atoms with Crippen LogP contribution in [0.1, 0.15) is 0 Å². The lowest BCUT2D eigenvalue weighted by molar-refractivity contribution is 0.309. The van der Waals surface area contributed by atoms with Gasteiger partial charge >= 0.3 is 0 Å². The second kappa shape index (κ2) is 3.14. The summed E-state index contributed by atoms with van der Waals surface area (Å²) >= 11 is 0. The Bertz CT molecular complexity index is 405. The van der Waals surface area contributed by atoms with E-state index in [-0.39, 0.29) is 0 Å². The molecule has 0 aliphatic heterocycles. The fourth-order valence-electron chi connectivity index (χ4n) is 1.29. The third-order valence-electron chi connectivity index (χ3n) is 1.84. The van der Waals surface area contributed by atoms with Crippen molar-refractivity contribution in [2.45, 2.75) is 6.67 Å². The van der Waals surface area contributed by atoms with Crippen LogP contribution in [0.2, 0.25) is 0 Å². The molecule has 13 heavy (non-hydrogen) atoms. The van der Waals surface area contributed by atoms with E-state index in [0.717, 1.165) is 17.7 Å². The maximum absolute atomic E-state index is 4.06. The molecule has 0 aliphatic carbocycles. The molecule has 4 heteroatoms. The van der Waals surface area contributed by atoms with Crippen LogP contribution in [0.25, 0.3) is 11.0 Å². The van der Waals surface area contributed by atoms with Crippen molar-refractivity contribution in [1.29, 1.82) is 0 Å². The van der Waals surface area contributed by atoms with Crippen molar-refractivity contribution in [2.75, 3.05) is 14.1 Å². The minimum absolute atomic E-state index is 0.764. The number of rotatable bonds is 2. The van der Waals surface area contributed by atoms with Crippen molar-refractivity contribution in [3.8, 4) is 0 Å². The molecule has 1 aromatic carbocycles. The van der Waals surface area contributed by atoms with Crippen LogP contribution in [-0.4, -0.2) is 34.0 Å². The van der Waals surface area contributed by atoms with E-state index in [9.17, 15) is 0 Å². The Morgan fingerprint density at radius 3 is 2.85 bits per heavy atom. The molecule has 1 heterocycles. The maximum Gasteiger partial charge on any atom is 0.113 e. The minimum Gasteiger partial charge on any atom is -0.291 e. The Morgan fingerprint density at radius 2 is 2.08 bits per heavy atom. The zero-order valence-corrected chi connectivity index (χ0v) is 7.81. The molecule has 0 saturated carbocycles. The lowest BCUT2D eigenvalue weighted by atomic mass is 10.3. The quantitative estimate of drug-likeness (QED) is 0.683. The van der Waals surface area contributed by atoms with Gasteiger partial charge in [0.05, 0.1) is 12.2 Å².